The highest BCUT2D eigenvalue weighted by Gasteiger charge is 2.54. The van der Waals surface area contributed by atoms with Crippen molar-refractivity contribution in [2.75, 3.05) is 0 Å². The van der Waals surface area contributed by atoms with Crippen molar-refractivity contribution in [2.45, 2.75) is 31.6 Å². The van der Waals surface area contributed by atoms with E-state index in [-0.39, 0.29) is 0 Å². The van der Waals surface area contributed by atoms with Crippen LogP contribution in [0.4, 0.5) is 0 Å². The lowest BCUT2D eigenvalue weighted by molar-refractivity contribution is 0.794. The average molecular weight is 1520 g/mol. The second-order valence-corrected chi connectivity index (χ2v) is 31.9. The molecule has 7 heteroatoms. The third kappa shape index (κ3) is 10.9. The highest BCUT2D eigenvalue weighted by Crippen LogP contribution is 2.66. The molecule has 119 heavy (non-hydrogen) atoms. The fraction of sp³-hybridized carbons (Fsp3) is 0.0446. The molecule has 0 aliphatic heterocycles. The Labute approximate surface area is 691 Å². The predicted octanol–water partition coefficient (Wildman–Crippen LogP) is 27.1. The summed E-state index contributed by atoms with van der Waals surface area (Å²) in [6.45, 7) is 6.34. The Kier molecular flexibility index (Phi) is 16.0. The Morgan fingerprint density at radius 2 is 0.571 bits per heavy atom. The molecule has 23 rings (SSSR count). The predicted molar refractivity (Wildman–Crippen MR) is 483 cm³/mol. The van der Waals surface area contributed by atoms with Crippen molar-refractivity contribution in [1.29, 1.82) is 0 Å². The van der Waals surface area contributed by atoms with E-state index >= 15 is 0 Å². The van der Waals surface area contributed by atoms with E-state index in [0.717, 1.165) is 123 Å². The van der Waals surface area contributed by atoms with E-state index in [9.17, 15) is 0 Å². The molecule has 1 atom stereocenters. The third-order valence-corrected chi connectivity index (χ3v) is 25.2. The van der Waals surface area contributed by atoms with Gasteiger partial charge in [0.1, 0.15) is 0 Å². The zero-order valence-corrected chi connectivity index (χ0v) is 65.6. The summed E-state index contributed by atoms with van der Waals surface area (Å²) >= 11 is 0. The molecule has 4 aliphatic carbocycles. The van der Waals surface area contributed by atoms with Crippen LogP contribution >= 0.6 is 0 Å². The molecular weight excluding hydrogens is 1440 g/mol. The first-order chi connectivity index (χ1) is 58.7. The number of hydrogen-bond acceptors (Lipinski definition) is 7. The summed E-state index contributed by atoms with van der Waals surface area (Å²) in [4.78, 5) is 36.9. The van der Waals surface area contributed by atoms with E-state index in [1.165, 1.54) is 94.6 Å². The Bertz CT molecular complexity index is 7350. The fourth-order valence-electron chi connectivity index (χ4n) is 20.0. The quantitative estimate of drug-likeness (QED) is 0.120. The second-order valence-electron chi connectivity index (χ2n) is 31.9. The molecule has 1 unspecified atom stereocenters. The molecule has 0 bridgehead atoms. The Balaban J connectivity index is 0.588. The van der Waals surface area contributed by atoms with E-state index in [1.54, 1.807) is 0 Å². The molecule has 0 fully saturated rings. The van der Waals surface area contributed by atoms with Crippen LogP contribution in [0, 0.1) is 20.8 Å². The number of rotatable bonds is 12. The van der Waals surface area contributed by atoms with E-state index in [2.05, 4.69) is 373 Å². The molecule has 2 spiro atoms. The van der Waals surface area contributed by atoms with E-state index in [0.29, 0.717) is 23.3 Å². The van der Waals surface area contributed by atoms with Crippen LogP contribution in [-0.4, -0.2) is 34.9 Å². The SMILES string of the molecule is Cc1cncc(-c2ccccc2-c2cc3c(cc2-c2nc(-c4ccccc4)nc(-c4cccc(-c5ccccc5-c5ccc(-c6ccc(-c7nc(-c8ccccc8)cc(-c8ccc9c(c8)-c8ccccc8C98c9ccccc9-c9cc(-c%10cnc(C)cc%10C)ccc98)n7)cc6)cc5)c4)n2)-c2ccccc2C32c3ccccc3-c3ccccc32)c1. The van der Waals surface area contributed by atoms with Gasteiger partial charge in [0.15, 0.2) is 23.3 Å². The zero-order valence-electron chi connectivity index (χ0n) is 65.6. The van der Waals surface area contributed by atoms with Gasteiger partial charge >= 0.3 is 0 Å². The summed E-state index contributed by atoms with van der Waals surface area (Å²) in [6, 6.07) is 135. The maximum Gasteiger partial charge on any atom is 0.164 e. The van der Waals surface area contributed by atoms with Crippen molar-refractivity contribution in [3.05, 3.63) is 450 Å². The van der Waals surface area contributed by atoms with Gasteiger partial charge in [-0.1, -0.05) is 322 Å². The van der Waals surface area contributed by atoms with Crippen LogP contribution in [0.15, 0.2) is 389 Å². The van der Waals surface area contributed by atoms with Crippen LogP contribution in [-0.2, 0) is 10.8 Å². The molecule has 15 aromatic carbocycles. The van der Waals surface area contributed by atoms with E-state index in [4.69, 9.17) is 34.9 Å². The van der Waals surface area contributed by atoms with Gasteiger partial charge in [-0.2, -0.15) is 0 Å². The first kappa shape index (κ1) is 69.2. The number of fused-ring (bicyclic) bond motifs is 20. The molecule has 0 radical (unpaired) electrons. The third-order valence-electron chi connectivity index (χ3n) is 25.2. The molecular formula is C112H73N7. The minimum Gasteiger partial charge on any atom is -0.264 e. The van der Waals surface area contributed by atoms with Gasteiger partial charge < -0.3 is 0 Å². The normalized spacial score (nSPS) is 13.8. The lowest BCUT2D eigenvalue weighted by Crippen LogP contribution is -2.26. The van der Waals surface area contributed by atoms with E-state index in [1.807, 2.05) is 36.8 Å². The monoisotopic (exact) mass is 1520 g/mol. The Morgan fingerprint density at radius 3 is 1.14 bits per heavy atom. The summed E-state index contributed by atoms with van der Waals surface area (Å²) in [5, 5.41) is 0. The minimum absolute atomic E-state index is 0.506. The van der Waals surface area contributed by atoms with Crippen molar-refractivity contribution in [3.63, 3.8) is 0 Å². The smallest absolute Gasteiger partial charge is 0.164 e. The molecule has 19 aromatic rings. The summed E-state index contributed by atoms with van der Waals surface area (Å²) in [6.07, 6.45) is 5.92. The highest BCUT2D eigenvalue weighted by atomic mass is 15.0. The number of aryl methyl sites for hydroxylation is 3. The summed E-state index contributed by atoms with van der Waals surface area (Å²) in [5.74, 6) is 2.39. The lowest BCUT2D eigenvalue weighted by atomic mass is 9.70. The molecule has 556 valence electrons. The lowest BCUT2D eigenvalue weighted by Gasteiger charge is -2.31. The van der Waals surface area contributed by atoms with Gasteiger partial charge in [0.25, 0.3) is 0 Å². The summed E-state index contributed by atoms with van der Waals surface area (Å²) < 4.78 is 0. The zero-order chi connectivity index (χ0) is 79.0. The van der Waals surface area contributed by atoms with Gasteiger partial charge in [-0.25, -0.2) is 24.9 Å². The van der Waals surface area contributed by atoms with Gasteiger partial charge in [-0.3, -0.25) is 9.97 Å². The number of benzene rings is 15. The molecule has 7 nitrogen and oxygen atoms in total. The van der Waals surface area contributed by atoms with Crippen LogP contribution in [0.3, 0.4) is 0 Å². The summed E-state index contributed by atoms with van der Waals surface area (Å²) in [5.41, 5.74) is 42.6. The number of nitrogens with zero attached hydrogens (tertiary/aromatic N) is 7. The molecule has 4 aliphatic rings. The van der Waals surface area contributed by atoms with Crippen molar-refractivity contribution in [3.8, 4) is 179 Å². The largest absolute Gasteiger partial charge is 0.264 e. The van der Waals surface area contributed by atoms with Gasteiger partial charge in [0, 0.05) is 68.8 Å². The molecule has 4 heterocycles. The average Bonchev–Trinajstić information content (AvgIpc) is 1.51. The van der Waals surface area contributed by atoms with Crippen molar-refractivity contribution < 1.29 is 0 Å². The summed E-state index contributed by atoms with van der Waals surface area (Å²) in [7, 11) is 0. The van der Waals surface area contributed by atoms with Crippen LogP contribution < -0.4 is 0 Å². The molecule has 0 N–H and O–H groups in total. The first-order valence-corrected chi connectivity index (χ1v) is 40.8. The Hall–Kier alpha value is -15.3. The topological polar surface area (TPSA) is 90.2 Å². The molecule has 0 saturated carbocycles. The Morgan fingerprint density at radius 1 is 0.185 bits per heavy atom. The van der Waals surface area contributed by atoms with Gasteiger partial charge in [0.2, 0.25) is 0 Å². The van der Waals surface area contributed by atoms with Crippen LogP contribution in [0.1, 0.15) is 61.3 Å². The van der Waals surface area contributed by atoms with Crippen LogP contribution in [0.25, 0.3) is 179 Å². The molecule has 0 amide bonds. The standard InChI is InChI=1S/C112H73N7/c1-68-57-81(66-113-65-68)84-33-12-13-34-85(84)91-63-104-94(90-39-18-23-44-101(90)112(104)97-40-19-14-35-86(97)87-36-15-20-41-98(87)112)62-95(91)110-118-108(75-27-8-5-9-28-75)117-109(119-110)80-30-24-29-77(59-80)83-32-11-10-31-82(83)73-49-45-71(46-50-73)72-47-51-76(52-48-72)107-115-105(74-25-6-4-7-26-74)64-106(116-107)79-54-56-103-93(61-79)89-38-17-22-43-100(89)111(103)99-42-21-16-37-88(99)92-60-78(53-55-102(92)111)96-67-114-70(3)58-69(96)2/h4-67H,1-3H3. The van der Waals surface area contributed by atoms with Crippen molar-refractivity contribution >= 4 is 0 Å². The van der Waals surface area contributed by atoms with Crippen LogP contribution in [0.2, 0.25) is 0 Å². The number of pyridine rings is 2. The van der Waals surface area contributed by atoms with Crippen LogP contribution in [0.5, 0.6) is 0 Å². The molecule has 0 saturated heterocycles. The second kappa shape index (κ2) is 27.4. The molecule has 4 aromatic heterocycles. The van der Waals surface area contributed by atoms with Gasteiger partial charge in [-0.15, -0.1) is 0 Å². The fourth-order valence-corrected chi connectivity index (χ4v) is 20.0. The highest BCUT2D eigenvalue weighted by molar-refractivity contribution is 6.02. The number of aromatic nitrogens is 7. The van der Waals surface area contributed by atoms with Crippen molar-refractivity contribution in [1.82, 2.24) is 34.9 Å². The maximum atomic E-state index is 5.66. The van der Waals surface area contributed by atoms with E-state index < -0.39 is 10.8 Å². The number of hydrogen-bond donors (Lipinski definition) is 0. The van der Waals surface area contributed by atoms with Gasteiger partial charge in [-0.05, 0) is 225 Å². The first-order valence-electron chi connectivity index (χ1n) is 40.8. The maximum absolute atomic E-state index is 5.66. The van der Waals surface area contributed by atoms with Crippen molar-refractivity contribution in [2.24, 2.45) is 0 Å². The minimum atomic E-state index is -0.586. The van der Waals surface area contributed by atoms with Gasteiger partial charge in [0.05, 0.1) is 22.2 Å².